The largest absolute Gasteiger partial charge is 0.454 e. The van der Waals surface area contributed by atoms with Crippen LogP contribution in [0.25, 0.3) is 0 Å². The van der Waals surface area contributed by atoms with Crippen molar-refractivity contribution in [2.45, 2.75) is 33.2 Å². The fraction of sp³-hybridized carbons (Fsp3) is 0.389. The summed E-state index contributed by atoms with van der Waals surface area (Å²) in [4.78, 5) is 61.1. The van der Waals surface area contributed by atoms with Crippen molar-refractivity contribution >= 4 is 29.6 Å². The molecule has 1 aromatic rings. The maximum absolute atomic E-state index is 12.7. The van der Waals surface area contributed by atoms with E-state index >= 15 is 0 Å². The second kappa shape index (κ2) is 8.43. The van der Waals surface area contributed by atoms with Gasteiger partial charge in [0.05, 0.1) is 11.1 Å². The molecule has 4 amide bonds. The quantitative estimate of drug-likeness (QED) is 0.422. The van der Waals surface area contributed by atoms with E-state index in [1.165, 1.54) is 19.1 Å². The Morgan fingerprint density at radius 2 is 1.63 bits per heavy atom. The molecule has 0 saturated heterocycles. The van der Waals surface area contributed by atoms with E-state index in [-0.39, 0.29) is 17.0 Å². The van der Waals surface area contributed by atoms with Gasteiger partial charge in [-0.05, 0) is 18.1 Å². The van der Waals surface area contributed by atoms with E-state index in [0.717, 1.165) is 4.90 Å². The highest BCUT2D eigenvalue weighted by atomic mass is 16.5. The smallest absolute Gasteiger partial charge is 0.330 e. The lowest BCUT2D eigenvalue weighted by atomic mass is 9.97. The van der Waals surface area contributed by atoms with Crippen LogP contribution in [0.15, 0.2) is 24.3 Å². The zero-order valence-electron chi connectivity index (χ0n) is 15.3. The molecule has 9 heteroatoms. The minimum absolute atomic E-state index is 0.229. The summed E-state index contributed by atoms with van der Waals surface area (Å²) in [5, 5.41) is 0. The number of benzene rings is 1. The molecular formula is C18H21N3O6. The third-order valence-corrected chi connectivity index (χ3v) is 4.25. The van der Waals surface area contributed by atoms with Crippen LogP contribution in [0.5, 0.6) is 0 Å². The molecule has 2 N–H and O–H groups in total. The SMILES string of the molecule is CC[C@H](C)[C@@H](C(=O)OCC(=O)NNC(C)=O)N1C(=O)c2ccccc2C1=O. The van der Waals surface area contributed by atoms with Gasteiger partial charge in [0.1, 0.15) is 6.04 Å². The number of imide groups is 1. The third kappa shape index (κ3) is 4.30. The summed E-state index contributed by atoms with van der Waals surface area (Å²) >= 11 is 0. The van der Waals surface area contributed by atoms with E-state index < -0.39 is 42.2 Å². The van der Waals surface area contributed by atoms with Gasteiger partial charge >= 0.3 is 5.97 Å². The molecule has 0 unspecified atom stereocenters. The minimum Gasteiger partial charge on any atom is -0.454 e. The summed E-state index contributed by atoms with van der Waals surface area (Å²) in [6, 6.07) is 5.16. The molecule has 0 radical (unpaired) electrons. The topological polar surface area (TPSA) is 122 Å². The number of carbonyl (C=O) groups excluding carboxylic acids is 5. The molecule has 9 nitrogen and oxygen atoms in total. The van der Waals surface area contributed by atoms with Gasteiger partial charge in [-0.25, -0.2) is 4.79 Å². The van der Waals surface area contributed by atoms with E-state index in [4.69, 9.17) is 4.74 Å². The van der Waals surface area contributed by atoms with Crippen molar-refractivity contribution < 1.29 is 28.7 Å². The first-order valence-electron chi connectivity index (χ1n) is 8.46. The van der Waals surface area contributed by atoms with Crippen molar-refractivity contribution in [3.63, 3.8) is 0 Å². The molecule has 2 rings (SSSR count). The lowest BCUT2D eigenvalue weighted by Gasteiger charge is -2.28. The van der Waals surface area contributed by atoms with Crippen molar-refractivity contribution in [1.29, 1.82) is 0 Å². The number of nitrogens with one attached hydrogen (secondary N) is 2. The number of fused-ring (bicyclic) bond motifs is 1. The van der Waals surface area contributed by atoms with E-state index in [2.05, 4.69) is 10.9 Å². The van der Waals surface area contributed by atoms with Gasteiger partial charge in [0.15, 0.2) is 6.61 Å². The number of amides is 4. The van der Waals surface area contributed by atoms with E-state index in [1.54, 1.807) is 19.1 Å². The number of hydrazine groups is 1. The van der Waals surface area contributed by atoms with Crippen LogP contribution in [0.3, 0.4) is 0 Å². The molecule has 0 saturated carbocycles. The van der Waals surface area contributed by atoms with Crippen molar-refractivity contribution in [1.82, 2.24) is 15.8 Å². The van der Waals surface area contributed by atoms with Crippen molar-refractivity contribution in [3.05, 3.63) is 35.4 Å². The first kappa shape index (κ1) is 20.1. The van der Waals surface area contributed by atoms with Gasteiger partial charge in [-0.3, -0.25) is 34.9 Å². The highest BCUT2D eigenvalue weighted by molar-refractivity contribution is 6.22. The minimum atomic E-state index is -1.16. The van der Waals surface area contributed by atoms with Crippen LogP contribution in [0, 0.1) is 5.92 Å². The molecule has 1 aliphatic heterocycles. The molecule has 2 atom stereocenters. The van der Waals surface area contributed by atoms with Gasteiger partial charge in [-0.2, -0.15) is 0 Å². The summed E-state index contributed by atoms with van der Waals surface area (Å²) in [6.07, 6.45) is 0.505. The second-order valence-corrected chi connectivity index (χ2v) is 6.19. The second-order valence-electron chi connectivity index (χ2n) is 6.19. The number of carbonyl (C=O) groups is 5. The third-order valence-electron chi connectivity index (χ3n) is 4.25. The first-order chi connectivity index (χ1) is 12.8. The Labute approximate surface area is 156 Å². The normalized spacial score (nSPS) is 15.0. The highest BCUT2D eigenvalue weighted by Gasteiger charge is 2.45. The van der Waals surface area contributed by atoms with Crippen molar-refractivity contribution in [3.8, 4) is 0 Å². The Morgan fingerprint density at radius 1 is 1.07 bits per heavy atom. The number of esters is 1. The van der Waals surface area contributed by atoms with Crippen LogP contribution in [-0.4, -0.2) is 47.1 Å². The number of rotatable bonds is 6. The van der Waals surface area contributed by atoms with Crippen molar-refractivity contribution in [2.24, 2.45) is 5.92 Å². The van der Waals surface area contributed by atoms with E-state index in [0.29, 0.717) is 6.42 Å². The molecule has 0 aromatic heterocycles. The van der Waals surface area contributed by atoms with Gasteiger partial charge < -0.3 is 4.74 Å². The maximum atomic E-state index is 12.7. The van der Waals surface area contributed by atoms with Crippen LogP contribution in [0.1, 0.15) is 47.9 Å². The van der Waals surface area contributed by atoms with E-state index in [9.17, 15) is 24.0 Å². The molecule has 0 bridgehead atoms. The molecule has 144 valence electrons. The Morgan fingerprint density at radius 3 is 2.11 bits per heavy atom. The highest BCUT2D eigenvalue weighted by Crippen LogP contribution is 2.28. The summed E-state index contributed by atoms with van der Waals surface area (Å²) in [6.45, 7) is 4.07. The lowest BCUT2D eigenvalue weighted by molar-refractivity contribution is -0.154. The average Bonchev–Trinajstić information content (AvgIpc) is 2.90. The summed E-state index contributed by atoms with van der Waals surface area (Å²) in [5.74, 6) is -3.61. The molecule has 1 heterocycles. The summed E-state index contributed by atoms with van der Waals surface area (Å²) in [5.41, 5.74) is 4.58. The zero-order valence-corrected chi connectivity index (χ0v) is 15.3. The Balaban J connectivity index is 2.15. The number of nitrogens with zero attached hydrogens (tertiary/aromatic N) is 1. The molecule has 1 aliphatic rings. The Kier molecular flexibility index (Phi) is 6.27. The van der Waals surface area contributed by atoms with Crippen LogP contribution in [0.4, 0.5) is 0 Å². The maximum Gasteiger partial charge on any atom is 0.330 e. The van der Waals surface area contributed by atoms with Gasteiger partial charge in [0.25, 0.3) is 17.7 Å². The van der Waals surface area contributed by atoms with Gasteiger partial charge in [-0.1, -0.05) is 32.4 Å². The standard InChI is InChI=1S/C18H21N3O6/c1-4-10(2)15(18(26)27-9-14(23)20-19-11(3)22)21-16(24)12-7-5-6-8-13(12)17(21)25/h5-8,10,15H,4,9H2,1-3H3,(H,19,22)(H,20,23)/t10-,15-/m0/s1. The summed E-state index contributed by atoms with van der Waals surface area (Å²) < 4.78 is 4.98. The zero-order chi connectivity index (χ0) is 20.1. The molecule has 1 aromatic carbocycles. The fourth-order valence-electron chi connectivity index (χ4n) is 2.69. The fourth-order valence-corrected chi connectivity index (χ4v) is 2.69. The van der Waals surface area contributed by atoms with Crippen LogP contribution >= 0.6 is 0 Å². The Bertz CT molecular complexity index is 756. The van der Waals surface area contributed by atoms with Crippen LogP contribution in [0.2, 0.25) is 0 Å². The average molecular weight is 375 g/mol. The van der Waals surface area contributed by atoms with Gasteiger partial charge in [0, 0.05) is 6.92 Å². The van der Waals surface area contributed by atoms with Crippen LogP contribution < -0.4 is 10.9 Å². The predicted octanol–water partition coefficient (Wildman–Crippen LogP) is 0.408. The molecule has 27 heavy (non-hydrogen) atoms. The van der Waals surface area contributed by atoms with Gasteiger partial charge in [-0.15, -0.1) is 0 Å². The predicted molar refractivity (Wildman–Crippen MR) is 93.1 cm³/mol. The first-order valence-corrected chi connectivity index (χ1v) is 8.46. The van der Waals surface area contributed by atoms with E-state index in [1.807, 2.05) is 6.92 Å². The van der Waals surface area contributed by atoms with Crippen LogP contribution in [-0.2, 0) is 19.1 Å². The summed E-state index contributed by atoms with van der Waals surface area (Å²) in [7, 11) is 0. The number of ether oxygens (including phenoxy) is 1. The molecule has 0 fully saturated rings. The monoisotopic (exact) mass is 375 g/mol. The molecule has 0 spiro atoms. The number of hydrogen-bond donors (Lipinski definition) is 2. The lowest BCUT2D eigenvalue weighted by Crippen LogP contribution is -2.50. The van der Waals surface area contributed by atoms with Gasteiger partial charge in [0.2, 0.25) is 5.91 Å². The van der Waals surface area contributed by atoms with Crippen molar-refractivity contribution in [2.75, 3.05) is 6.61 Å². The molecular weight excluding hydrogens is 354 g/mol. The molecule has 0 aliphatic carbocycles. The Hall–Kier alpha value is -3.23. The number of hydrogen-bond acceptors (Lipinski definition) is 6.